The van der Waals surface area contributed by atoms with E-state index in [-0.39, 0.29) is 34.3 Å². The van der Waals surface area contributed by atoms with Gasteiger partial charge in [0.05, 0.1) is 37.0 Å². The number of benzene rings is 9. The lowest BCUT2D eigenvalue weighted by Gasteiger charge is -2.36. The first-order valence-corrected chi connectivity index (χ1v) is 31.9. The molecule has 1 heterocycles. The number of azo groups is 2. The first kappa shape index (κ1) is 65.7. The van der Waals surface area contributed by atoms with Gasteiger partial charge in [0.1, 0.15) is 34.2 Å². The summed E-state index contributed by atoms with van der Waals surface area (Å²) in [6.45, 7) is 5.09. The zero-order valence-electron chi connectivity index (χ0n) is 51.7. The molecular weight excluding hydrogens is 1220 g/mol. The number of fused-ring (bicyclic) bond motifs is 2. The number of nitrogens with one attached hydrogen (secondary N) is 2. The maximum atomic E-state index is 14.2. The van der Waals surface area contributed by atoms with Gasteiger partial charge in [-0.15, -0.1) is 22.9 Å². The van der Waals surface area contributed by atoms with Crippen molar-refractivity contribution < 1.29 is 55.9 Å². The summed E-state index contributed by atoms with van der Waals surface area (Å²) in [5.74, 6) is -1.65. The minimum atomic E-state index is -4.79. The number of nitrogens with two attached hydrogens (primary N) is 1. The molecule has 5 N–H and O–H groups in total. The highest BCUT2D eigenvalue weighted by Crippen LogP contribution is 2.41. The van der Waals surface area contributed by atoms with Crippen molar-refractivity contribution >= 4 is 114 Å². The summed E-state index contributed by atoms with van der Waals surface area (Å²) < 4.78 is 59.2. The number of carbonyl (C=O) groups excluding carboxylic acids is 5. The van der Waals surface area contributed by atoms with Crippen molar-refractivity contribution in [2.45, 2.75) is 81.2 Å². The number of carbonyl (C=O) groups is 5. The van der Waals surface area contributed by atoms with Crippen molar-refractivity contribution in [2.75, 3.05) is 43.7 Å². The molecule has 0 aliphatic carbocycles. The highest BCUT2D eigenvalue weighted by atomic mass is 32.2. The molecule has 0 aromatic heterocycles. The zero-order chi connectivity index (χ0) is 66.0. The third-order valence-corrected chi connectivity index (χ3v) is 17.6. The highest BCUT2D eigenvalue weighted by Gasteiger charge is 2.41. The lowest BCUT2D eigenvalue weighted by molar-refractivity contribution is -0.164. The Morgan fingerprint density at radius 3 is 1.98 bits per heavy atom. The number of nitrogens with zero attached hydrogens (tertiary/aromatic N) is 5. The molecule has 2 unspecified atom stereocenters. The van der Waals surface area contributed by atoms with E-state index < -0.39 is 68.7 Å². The molecule has 3 amide bonds. The molecule has 476 valence electrons. The highest BCUT2D eigenvalue weighted by molar-refractivity contribution is 7.86. The molecule has 2 atom stereocenters. The van der Waals surface area contributed by atoms with E-state index in [4.69, 9.17) is 24.7 Å². The van der Waals surface area contributed by atoms with Crippen molar-refractivity contribution in [3.63, 3.8) is 0 Å². The maximum absolute atomic E-state index is 14.2. The Labute approximate surface area is 543 Å². The Morgan fingerprint density at radius 2 is 1.33 bits per heavy atom. The van der Waals surface area contributed by atoms with Crippen molar-refractivity contribution in [1.82, 2.24) is 4.90 Å². The lowest BCUT2D eigenvalue weighted by atomic mass is 9.84. The number of amides is 3. The molecule has 93 heavy (non-hydrogen) atoms. The first-order valence-electron chi connectivity index (χ1n) is 30.0. The molecule has 9 aromatic rings. The molecular formula is C71H68N8O12S2. The van der Waals surface area contributed by atoms with Crippen LogP contribution in [-0.2, 0) is 40.5 Å². The summed E-state index contributed by atoms with van der Waals surface area (Å²) in [6, 6.07) is 48.9. The molecule has 1 aliphatic rings. The minimum absolute atomic E-state index is 0.0650. The van der Waals surface area contributed by atoms with Gasteiger partial charge in [0.15, 0.2) is 18.1 Å². The number of Topliss-reactive ketones (excluding diaryl/α,β-unsaturated/α-hetero) is 1. The topological polar surface area (TPSA) is 279 Å². The molecule has 9 aromatic carbocycles. The number of ether oxygens (including phenoxy) is 4. The van der Waals surface area contributed by atoms with Gasteiger partial charge in [-0.05, 0) is 151 Å². The van der Waals surface area contributed by atoms with Gasteiger partial charge in [0.25, 0.3) is 27.8 Å². The van der Waals surface area contributed by atoms with Gasteiger partial charge >= 0.3 is 5.97 Å². The molecule has 20 nitrogen and oxygen atoms in total. The summed E-state index contributed by atoms with van der Waals surface area (Å²) >= 11 is 4.61. The number of aryl methyl sites for hydroxylation is 1. The second-order valence-electron chi connectivity index (χ2n) is 22.8. The standard InChI is InChI=1S/C71H68N8O12S2/c1-6-71(2,3)67(81)69(83)79-37-12-11-20-58(79)70(84)91-59(35-21-43-22-36-60(88-4)61(38-43)89-5)47-14-13-15-51(39-47)90-42-64(80)73-48-29-27-46(28-30-48)68(82)74-66-55-19-10-8-17-53(55)63(93(85,86)87)41-57(66)78-76-50-33-25-45(26-34-50)44-23-31-49(32-24-44)75-77-56-40-62(92)52-16-7-9-18-54(52)65(56)72/h7-10,13-19,22-34,36,38-41,58-59,92H,6,11-12,20-21,35,37,42,72H2,1-5H3,(H,73,80)(H,74,82)(H,85,86,87)/b77-75+,78-76+. The van der Waals surface area contributed by atoms with Crippen molar-refractivity contribution in [2.24, 2.45) is 25.9 Å². The van der Waals surface area contributed by atoms with Crippen LogP contribution in [0.3, 0.4) is 0 Å². The van der Waals surface area contributed by atoms with E-state index in [9.17, 15) is 36.9 Å². The van der Waals surface area contributed by atoms with E-state index in [1.165, 1.54) is 35.2 Å². The second kappa shape index (κ2) is 28.9. The number of hydrogen-bond acceptors (Lipinski definition) is 17. The van der Waals surface area contributed by atoms with Gasteiger partial charge in [-0.2, -0.15) is 18.6 Å². The van der Waals surface area contributed by atoms with Crippen LogP contribution in [0.5, 0.6) is 17.2 Å². The van der Waals surface area contributed by atoms with Crippen molar-refractivity contribution in [3.05, 3.63) is 193 Å². The Bertz CT molecular complexity index is 4490. The molecule has 1 fully saturated rings. The van der Waals surface area contributed by atoms with E-state index >= 15 is 0 Å². The molecule has 1 aliphatic heterocycles. The summed E-state index contributed by atoms with van der Waals surface area (Å²) in [5, 5.41) is 25.4. The predicted molar refractivity (Wildman–Crippen MR) is 360 cm³/mol. The van der Waals surface area contributed by atoms with E-state index in [0.717, 1.165) is 38.4 Å². The molecule has 22 heteroatoms. The fourth-order valence-corrected chi connectivity index (χ4v) is 11.8. The van der Waals surface area contributed by atoms with Crippen LogP contribution in [0.2, 0.25) is 0 Å². The maximum Gasteiger partial charge on any atom is 0.329 e. The summed E-state index contributed by atoms with van der Waals surface area (Å²) in [7, 11) is -1.71. The number of esters is 1. The second-order valence-corrected chi connectivity index (χ2v) is 24.7. The lowest BCUT2D eigenvalue weighted by Crippen LogP contribution is -2.53. The van der Waals surface area contributed by atoms with E-state index in [1.54, 1.807) is 94.8 Å². The van der Waals surface area contributed by atoms with Gasteiger partial charge in [-0.1, -0.05) is 112 Å². The number of piperidine rings is 1. The number of rotatable bonds is 23. The van der Waals surface area contributed by atoms with Gasteiger partial charge < -0.3 is 40.2 Å². The minimum Gasteiger partial charge on any atom is -0.493 e. The number of thiol groups is 1. The largest absolute Gasteiger partial charge is 0.493 e. The third kappa shape index (κ3) is 15.6. The molecule has 0 bridgehead atoms. The quantitative estimate of drug-likeness (QED) is 0.00996. The molecule has 10 rings (SSSR count). The number of ketones is 1. The summed E-state index contributed by atoms with van der Waals surface area (Å²) in [4.78, 5) is 70.4. The Balaban J connectivity index is 0.802. The number of hydrogen-bond donors (Lipinski definition) is 5. The summed E-state index contributed by atoms with van der Waals surface area (Å²) in [6.07, 6.45) is 1.99. The van der Waals surface area contributed by atoms with Crippen LogP contribution >= 0.6 is 12.6 Å². The van der Waals surface area contributed by atoms with Crippen molar-refractivity contribution in [3.8, 4) is 28.4 Å². The van der Waals surface area contributed by atoms with Gasteiger partial charge in [-0.25, -0.2) is 4.79 Å². The van der Waals surface area contributed by atoms with Crippen LogP contribution < -0.4 is 30.6 Å². The molecule has 0 saturated carbocycles. The summed E-state index contributed by atoms with van der Waals surface area (Å²) in [5.41, 5.74) is 11.2. The smallest absolute Gasteiger partial charge is 0.329 e. The van der Waals surface area contributed by atoms with Crippen LogP contribution in [0.25, 0.3) is 32.7 Å². The van der Waals surface area contributed by atoms with E-state index in [0.29, 0.717) is 89.8 Å². The number of anilines is 3. The van der Waals surface area contributed by atoms with Crippen LogP contribution in [0.1, 0.15) is 80.5 Å². The SMILES string of the molecule is CCC(C)(C)C(=O)C(=O)N1CCCCC1C(=O)OC(CCc1ccc(OC)c(OC)c1)c1cccc(OCC(=O)Nc2ccc(C(=O)Nc3c(/N=N/c4ccc(-c5ccc(/N=N/c6cc(S)c7ccccc7c6N)cc5)cc4)cc(S(=O)(=O)O)c4ccccc34)cc2)c1. The van der Waals surface area contributed by atoms with Crippen molar-refractivity contribution in [1.29, 1.82) is 0 Å². The van der Waals surface area contributed by atoms with E-state index in [2.05, 4.69) is 43.7 Å². The van der Waals surface area contributed by atoms with E-state index in [1.807, 2.05) is 79.7 Å². The first-order chi connectivity index (χ1) is 44.7. The van der Waals surface area contributed by atoms with Crippen LogP contribution in [0.4, 0.5) is 39.8 Å². The normalized spacial score (nSPS) is 13.8. The third-order valence-electron chi connectivity index (χ3n) is 16.3. The van der Waals surface area contributed by atoms with Gasteiger partial charge in [0.2, 0.25) is 5.78 Å². The molecule has 0 radical (unpaired) electrons. The average Bonchev–Trinajstić information content (AvgIpc) is 0.787. The molecule has 1 saturated heterocycles. The van der Waals surface area contributed by atoms with Crippen LogP contribution in [0, 0.1) is 5.41 Å². The Hall–Kier alpha value is -10.3. The fraction of sp³-hybridized carbons (Fsp3) is 0.225. The Kier molecular flexibility index (Phi) is 20.4. The average molecular weight is 1290 g/mol. The Morgan fingerprint density at radius 1 is 0.699 bits per heavy atom. The van der Waals surface area contributed by atoms with Crippen LogP contribution in [-0.4, -0.2) is 80.8 Å². The fourth-order valence-electron chi connectivity index (χ4n) is 10.8. The van der Waals surface area contributed by atoms with Gasteiger partial charge in [0, 0.05) is 44.3 Å². The molecule has 0 spiro atoms. The monoisotopic (exact) mass is 1290 g/mol. The number of nitrogen functional groups attached to an aromatic ring is 1. The number of likely N-dealkylation sites (tertiary alicyclic amines) is 1. The van der Waals surface area contributed by atoms with Crippen LogP contribution in [0.15, 0.2) is 206 Å². The predicted octanol–water partition coefficient (Wildman–Crippen LogP) is 15.5. The zero-order valence-corrected chi connectivity index (χ0v) is 53.4. The van der Waals surface area contributed by atoms with Gasteiger partial charge in [-0.3, -0.25) is 23.7 Å². The number of methoxy groups -OCH3 is 2.